The molecule has 0 saturated carbocycles. The summed E-state index contributed by atoms with van der Waals surface area (Å²) in [5.74, 6) is -0.0856. The summed E-state index contributed by atoms with van der Waals surface area (Å²) in [6.07, 6.45) is 3.12. The molecule has 10 nitrogen and oxygen atoms in total. The van der Waals surface area contributed by atoms with Crippen LogP contribution in [0.3, 0.4) is 0 Å². The topological polar surface area (TPSA) is 91.9 Å². The van der Waals surface area contributed by atoms with Crippen LogP contribution in [0.2, 0.25) is 0 Å². The monoisotopic (exact) mass is 510 g/mol. The number of cyclic esters (lactones) is 1. The van der Waals surface area contributed by atoms with Gasteiger partial charge in [0.1, 0.15) is 12.1 Å². The average Bonchev–Trinajstić information content (AvgIpc) is 3.21. The first kappa shape index (κ1) is 28.7. The van der Waals surface area contributed by atoms with Gasteiger partial charge in [-0.3, -0.25) is 19.4 Å². The fourth-order valence-corrected chi connectivity index (χ4v) is 5.47. The molecule has 0 aromatic rings. The Balaban J connectivity index is 1.40. The van der Waals surface area contributed by atoms with Crippen LogP contribution in [0.1, 0.15) is 53.4 Å². The van der Waals surface area contributed by atoms with E-state index in [1.807, 2.05) is 9.80 Å². The first-order valence-electron chi connectivity index (χ1n) is 13.8. The van der Waals surface area contributed by atoms with E-state index in [0.29, 0.717) is 38.1 Å². The highest BCUT2D eigenvalue weighted by molar-refractivity contribution is 5.82. The first-order chi connectivity index (χ1) is 17.3. The van der Waals surface area contributed by atoms with Crippen LogP contribution in [0.5, 0.6) is 0 Å². The van der Waals surface area contributed by atoms with Crippen molar-refractivity contribution in [2.45, 2.75) is 71.6 Å². The van der Waals surface area contributed by atoms with Gasteiger partial charge in [-0.1, -0.05) is 0 Å². The number of piperidine rings is 1. The van der Waals surface area contributed by atoms with Crippen molar-refractivity contribution in [1.82, 2.24) is 19.6 Å². The van der Waals surface area contributed by atoms with Crippen molar-refractivity contribution in [2.75, 3.05) is 72.1 Å². The lowest BCUT2D eigenvalue weighted by atomic mass is 9.93. The summed E-state index contributed by atoms with van der Waals surface area (Å²) in [5, 5.41) is 0. The Labute approximate surface area is 216 Å². The molecule has 3 rings (SSSR count). The third-order valence-corrected chi connectivity index (χ3v) is 7.67. The van der Waals surface area contributed by atoms with Crippen molar-refractivity contribution in [1.29, 1.82) is 0 Å². The molecule has 0 spiro atoms. The molecule has 36 heavy (non-hydrogen) atoms. The fraction of sp³-hybridized carbons (Fsp3) is 0.885. The molecule has 206 valence electrons. The van der Waals surface area contributed by atoms with E-state index in [0.717, 1.165) is 39.1 Å². The van der Waals surface area contributed by atoms with Crippen molar-refractivity contribution in [3.63, 3.8) is 0 Å². The van der Waals surface area contributed by atoms with E-state index in [1.165, 1.54) is 12.8 Å². The Morgan fingerprint density at radius 3 is 2.25 bits per heavy atom. The van der Waals surface area contributed by atoms with Crippen LogP contribution in [0.25, 0.3) is 0 Å². The SMILES string of the molecule is CCOC(=O)CC(C(=O)OCC)N1CCN(CC2CN(CCC3CCN(C(C)C)CC3)C(=O)O2)CC1. The highest BCUT2D eigenvalue weighted by atomic mass is 16.6. The average molecular weight is 511 g/mol. The summed E-state index contributed by atoms with van der Waals surface area (Å²) < 4.78 is 15.9. The zero-order valence-electron chi connectivity index (χ0n) is 22.7. The second-order valence-corrected chi connectivity index (χ2v) is 10.4. The van der Waals surface area contributed by atoms with Gasteiger partial charge in [0.15, 0.2) is 0 Å². The number of likely N-dealkylation sites (tertiary alicyclic amines) is 1. The standard InChI is InChI=1S/C26H46N4O6/c1-5-34-24(31)17-23(25(32)35-6-2)29-15-13-27(14-16-29)18-22-19-30(26(33)36-22)12-9-21-7-10-28(11-8-21)20(3)4/h20-23H,5-19H2,1-4H3. The summed E-state index contributed by atoms with van der Waals surface area (Å²) in [7, 11) is 0. The Morgan fingerprint density at radius 2 is 1.64 bits per heavy atom. The lowest BCUT2D eigenvalue weighted by molar-refractivity contribution is -0.157. The molecule has 3 aliphatic heterocycles. The lowest BCUT2D eigenvalue weighted by Crippen LogP contribution is -2.54. The molecular weight excluding hydrogens is 464 g/mol. The number of esters is 2. The van der Waals surface area contributed by atoms with Crippen LogP contribution >= 0.6 is 0 Å². The first-order valence-corrected chi connectivity index (χ1v) is 13.8. The number of hydrogen-bond acceptors (Lipinski definition) is 9. The van der Waals surface area contributed by atoms with Gasteiger partial charge in [-0.05, 0) is 66.0 Å². The zero-order valence-corrected chi connectivity index (χ0v) is 22.7. The zero-order chi connectivity index (χ0) is 26.1. The summed E-state index contributed by atoms with van der Waals surface area (Å²) in [5.41, 5.74) is 0. The molecule has 0 radical (unpaired) electrons. The quantitative estimate of drug-likeness (QED) is 0.288. The number of ether oxygens (including phenoxy) is 3. The third-order valence-electron chi connectivity index (χ3n) is 7.67. The Bertz CT molecular complexity index is 719. The van der Waals surface area contributed by atoms with Crippen molar-refractivity contribution >= 4 is 18.0 Å². The van der Waals surface area contributed by atoms with Gasteiger partial charge in [0, 0.05) is 45.3 Å². The minimum Gasteiger partial charge on any atom is -0.466 e. The summed E-state index contributed by atoms with van der Waals surface area (Å²) >= 11 is 0. The van der Waals surface area contributed by atoms with E-state index in [2.05, 4.69) is 23.6 Å². The van der Waals surface area contributed by atoms with E-state index in [-0.39, 0.29) is 43.8 Å². The number of hydrogen-bond donors (Lipinski definition) is 0. The number of carbonyl (C=O) groups is 3. The van der Waals surface area contributed by atoms with Crippen LogP contribution in [-0.4, -0.2) is 128 Å². The summed E-state index contributed by atoms with van der Waals surface area (Å²) in [4.78, 5) is 45.6. The maximum atomic E-state index is 12.5. The number of nitrogens with zero attached hydrogens (tertiary/aromatic N) is 4. The predicted octanol–water partition coefficient (Wildman–Crippen LogP) is 1.82. The van der Waals surface area contributed by atoms with Crippen molar-refractivity contribution < 1.29 is 28.6 Å². The van der Waals surface area contributed by atoms with Crippen molar-refractivity contribution in [3.8, 4) is 0 Å². The fourth-order valence-electron chi connectivity index (χ4n) is 5.47. The van der Waals surface area contributed by atoms with E-state index in [4.69, 9.17) is 14.2 Å². The predicted molar refractivity (Wildman–Crippen MR) is 136 cm³/mol. The molecule has 2 atom stereocenters. The van der Waals surface area contributed by atoms with Gasteiger partial charge < -0.3 is 24.0 Å². The largest absolute Gasteiger partial charge is 0.466 e. The molecular formula is C26H46N4O6. The van der Waals surface area contributed by atoms with Crippen LogP contribution in [0.15, 0.2) is 0 Å². The van der Waals surface area contributed by atoms with Gasteiger partial charge in [-0.2, -0.15) is 0 Å². The summed E-state index contributed by atoms with van der Waals surface area (Å²) in [6, 6.07) is -0.0193. The molecule has 2 unspecified atom stereocenters. The smallest absolute Gasteiger partial charge is 0.410 e. The Morgan fingerprint density at radius 1 is 0.972 bits per heavy atom. The van der Waals surface area contributed by atoms with Crippen LogP contribution in [-0.2, 0) is 23.8 Å². The van der Waals surface area contributed by atoms with Gasteiger partial charge in [0.2, 0.25) is 0 Å². The van der Waals surface area contributed by atoms with Crippen molar-refractivity contribution in [2.24, 2.45) is 5.92 Å². The van der Waals surface area contributed by atoms with E-state index < -0.39 is 6.04 Å². The van der Waals surface area contributed by atoms with Gasteiger partial charge in [0.25, 0.3) is 0 Å². The molecule has 3 fully saturated rings. The van der Waals surface area contributed by atoms with Crippen molar-refractivity contribution in [3.05, 3.63) is 0 Å². The van der Waals surface area contributed by atoms with Gasteiger partial charge in [0.05, 0.1) is 26.2 Å². The molecule has 3 aliphatic rings. The number of piperazine rings is 1. The van der Waals surface area contributed by atoms with Crippen LogP contribution < -0.4 is 0 Å². The van der Waals surface area contributed by atoms with Gasteiger partial charge >= 0.3 is 18.0 Å². The van der Waals surface area contributed by atoms with E-state index in [1.54, 1.807) is 13.8 Å². The number of rotatable bonds is 12. The lowest BCUT2D eigenvalue weighted by Gasteiger charge is -2.38. The molecule has 0 bridgehead atoms. The van der Waals surface area contributed by atoms with Crippen LogP contribution in [0, 0.1) is 5.92 Å². The molecule has 3 heterocycles. The number of amides is 1. The maximum Gasteiger partial charge on any atom is 0.410 e. The Hall–Kier alpha value is -1.91. The second-order valence-electron chi connectivity index (χ2n) is 10.4. The molecule has 10 heteroatoms. The highest BCUT2D eigenvalue weighted by Crippen LogP contribution is 2.24. The van der Waals surface area contributed by atoms with E-state index >= 15 is 0 Å². The molecule has 0 N–H and O–H groups in total. The summed E-state index contributed by atoms with van der Waals surface area (Å²) in [6.45, 7) is 15.7. The number of carbonyl (C=O) groups excluding carboxylic acids is 3. The Kier molecular flexibility index (Phi) is 11.3. The normalized spacial score (nSPS) is 23.6. The maximum absolute atomic E-state index is 12.5. The van der Waals surface area contributed by atoms with Gasteiger partial charge in [-0.25, -0.2) is 4.79 Å². The van der Waals surface area contributed by atoms with Crippen LogP contribution in [0.4, 0.5) is 4.79 Å². The highest BCUT2D eigenvalue weighted by Gasteiger charge is 2.36. The minimum atomic E-state index is -0.627. The molecule has 3 saturated heterocycles. The molecule has 1 amide bonds. The molecule has 0 aliphatic carbocycles. The van der Waals surface area contributed by atoms with E-state index in [9.17, 15) is 14.4 Å². The molecule has 0 aromatic carbocycles. The molecule has 0 aromatic heterocycles. The third kappa shape index (κ3) is 8.31. The van der Waals surface area contributed by atoms with Gasteiger partial charge in [-0.15, -0.1) is 0 Å². The minimum absolute atomic E-state index is 0.00162. The second kappa shape index (κ2) is 14.1.